The van der Waals surface area contributed by atoms with E-state index in [9.17, 15) is 4.79 Å². The third-order valence-corrected chi connectivity index (χ3v) is 4.92. The molecule has 0 amide bonds. The molecule has 3 nitrogen and oxygen atoms in total. The van der Waals surface area contributed by atoms with Crippen LogP contribution >= 0.6 is 27.7 Å². The van der Waals surface area contributed by atoms with Crippen LogP contribution in [0.3, 0.4) is 0 Å². The lowest BCUT2D eigenvalue weighted by Gasteiger charge is -2.25. The van der Waals surface area contributed by atoms with Crippen molar-refractivity contribution in [3.63, 3.8) is 0 Å². The van der Waals surface area contributed by atoms with Crippen molar-refractivity contribution in [1.29, 1.82) is 0 Å². The number of thioether (sulfide) groups is 1. The average Bonchev–Trinajstić information content (AvgIpc) is 3.21. The minimum absolute atomic E-state index is 0.271. The number of hydrogen-bond acceptors (Lipinski definition) is 4. The van der Waals surface area contributed by atoms with Gasteiger partial charge < -0.3 is 10.5 Å². The fourth-order valence-electron chi connectivity index (χ4n) is 1.87. The molecule has 1 unspecified atom stereocenters. The van der Waals surface area contributed by atoms with Crippen molar-refractivity contribution in [2.75, 3.05) is 12.9 Å². The Labute approximate surface area is 120 Å². The Kier molecular flexibility index (Phi) is 4.35. The van der Waals surface area contributed by atoms with Crippen LogP contribution < -0.4 is 5.73 Å². The second-order valence-corrected chi connectivity index (χ2v) is 6.51. The lowest BCUT2D eigenvalue weighted by molar-refractivity contribution is -0.146. The van der Waals surface area contributed by atoms with E-state index in [1.807, 2.05) is 24.3 Å². The van der Waals surface area contributed by atoms with E-state index in [1.165, 1.54) is 7.11 Å². The zero-order valence-electron chi connectivity index (χ0n) is 10.2. The first-order valence-electron chi connectivity index (χ1n) is 5.82. The minimum Gasteiger partial charge on any atom is -0.468 e. The maximum absolute atomic E-state index is 11.8. The van der Waals surface area contributed by atoms with E-state index in [4.69, 9.17) is 10.5 Å². The lowest BCUT2D eigenvalue weighted by Crippen LogP contribution is -2.53. The van der Waals surface area contributed by atoms with Crippen LogP contribution in [0.2, 0.25) is 0 Å². The van der Waals surface area contributed by atoms with Crippen molar-refractivity contribution < 1.29 is 9.53 Å². The van der Waals surface area contributed by atoms with Gasteiger partial charge in [-0.1, -0.05) is 15.9 Å². The second kappa shape index (κ2) is 5.63. The number of carbonyl (C=O) groups excluding carboxylic acids is 1. The average molecular weight is 330 g/mol. The van der Waals surface area contributed by atoms with Crippen molar-refractivity contribution in [3.05, 3.63) is 28.7 Å². The maximum atomic E-state index is 11.8. The van der Waals surface area contributed by atoms with Crippen molar-refractivity contribution in [3.8, 4) is 0 Å². The zero-order valence-corrected chi connectivity index (χ0v) is 12.6. The molecule has 0 spiro atoms. The van der Waals surface area contributed by atoms with E-state index in [0.717, 1.165) is 22.2 Å². The SMILES string of the molecule is COC(=O)C(N)(CSc1ccc(Br)cc1)C1CC1. The van der Waals surface area contributed by atoms with Crippen molar-refractivity contribution >= 4 is 33.7 Å². The summed E-state index contributed by atoms with van der Waals surface area (Å²) < 4.78 is 5.88. The normalized spacial score (nSPS) is 18.2. The summed E-state index contributed by atoms with van der Waals surface area (Å²) >= 11 is 5.00. The largest absolute Gasteiger partial charge is 0.468 e. The first-order valence-corrected chi connectivity index (χ1v) is 7.60. The number of ether oxygens (including phenoxy) is 1. The topological polar surface area (TPSA) is 52.3 Å². The first-order chi connectivity index (χ1) is 8.56. The van der Waals surface area contributed by atoms with Crippen LogP contribution in [-0.4, -0.2) is 24.4 Å². The molecule has 98 valence electrons. The molecule has 1 aliphatic carbocycles. The van der Waals surface area contributed by atoms with Gasteiger partial charge in [0.1, 0.15) is 5.54 Å². The van der Waals surface area contributed by atoms with Crippen LogP contribution in [0, 0.1) is 5.92 Å². The van der Waals surface area contributed by atoms with Gasteiger partial charge in [-0.2, -0.15) is 0 Å². The second-order valence-electron chi connectivity index (χ2n) is 4.55. The highest BCUT2D eigenvalue weighted by atomic mass is 79.9. The molecule has 5 heteroatoms. The lowest BCUT2D eigenvalue weighted by atomic mass is 9.97. The molecule has 2 rings (SSSR count). The van der Waals surface area contributed by atoms with E-state index in [-0.39, 0.29) is 11.9 Å². The van der Waals surface area contributed by atoms with Gasteiger partial charge in [-0.3, -0.25) is 4.79 Å². The Morgan fingerprint density at radius 3 is 2.61 bits per heavy atom. The summed E-state index contributed by atoms with van der Waals surface area (Å²) in [6.45, 7) is 0. The Bertz CT molecular complexity index is 433. The molecule has 0 aliphatic heterocycles. The van der Waals surface area contributed by atoms with E-state index < -0.39 is 5.54 Å². The molecular formula is C13H16BrNO2S. The first kappa shape index (κ1) is 13.9. The Morgan fingerprint density at radius 1 is 1.50 bits per heavy atom. The van der Waals surface area contributed by atoms with Crippen molar-refractivity contribution in [2.45, 2.75) is 23.3 Å². The van der Waals surface area contributed by atoms with Gasteiger partial charge in [0.15, 0.2) is 0 Å². The fourth-order valence-corrected chi connectivity index (χ4v) is 3.22. The van der Waals surface area contributed by atoms with E-state index >= 15 is 0 Å². The number of benzene rings is 1. The van der Waals surface area contributed by atoms with Gasteiger partial charge in [0.25, 0.3) is 0 Å². The highest BCUT2D eigenvalue weighted by Crippen LogP contribution is 2.41. The third kappa shape index (κ3) is 3.08. The van der Waals surface area contributed by atoms with Crippen LogP contribution in [0.15, 0.2) is 33.6 Å². The Hall–Kier alpha value is -0.520. The molecule has 0 radical (unpaired) electrons. The van der Waals surface area contributed by atoms with Gasteiger partial charge in [0.2, 0.25) is 0 Å². The fraction of sp³-hybridized carbons (Fsp3) is 0.462. The smallest absolute Gasteiger partial charge is 0.327 e. The zero-order chi connectivity index (χ0) is 13.2. The van der Waals surface area contributed by atoms with Crippen LogP contribution in [0.4, 0.5) is 0 Å². The predicted molar refractivity (Wildman–Crippen MR) is 76.5 cm³/mol. The van der Waals surface area contributed by atoms with Gasteiger partial charge in [0.05, 0.1) is 7.11 Å². The number of halogens is 1. The Morgan fingerprint density at radius 2 is 2.11 bits per heavy atom. The molecule has 1 aromatic carbocycles. The molecule has 18 heavy (non-hydrogen) atoms. The monoisotopic (exact) mass is 329 g/mol. The van der Waals surface area contributed by atoms with E-state index in [2.05, 4.69) is 15.9 Å². The van der Waals surface area contributed by atoms with Crippen LogP contribution in [-0.2, 0) is 9.53 Å². The number of hydrogen-bond donors (Lipinski definition) is 1. The highest BCUT2D eigenvalue weighted by molar-refractivity contribution is 9.10. The molecule has 2 N–H and O–H groups in total. The van der Waals surface area contributed by atoms with Crippen LogP contribution in [0.5, 0.6) is 0 Å². The predicted octanol–water partition coefficient (Wildman–Crippen LogP) is 2.82. The maximum Gasteiger partial charge on any atom is 0.327 e. The molecule has 1 fully saturated rings. The molecule has 1 atom stereocenters. The van der Waals surface area contributed by atoms with Gasteiger partial charge >= 0.3 is 5.97 Å². The van der Waals surface area contributed by atoms with Crippen LogP contribution in [0.1, 0.15) is 12.8 Å². The standard InChI is InChI=1S/C13H16BrNO2S/c1-17-12(16)13(15,9-2-3-9)8-18-11-6-4-10(14)5-7-11/h4-7,9H,2-3,8,15H2,1H3. The molecule has 1 aliphatic rings. The molecular weight excluding hydrogens is 314 g/mol. The third-order valence-electron chi connectivity index (χ3n) is 3.16. The van der Waals surface area contributed by atoms with E-state index in [0.29, 0.717) is 5.75 Å². The van der Waals surface area contributed by atoms with E-state index in [1.54, 1.807) is 11.8 Å². The number of rotatable bonds is 5. The highest BCUT2D eigenvalue weighted by Gasteiger charge is 2.48. The molecule has 0 heterocycles. The molecule has 0 bridgehead atoms. The summed E-state index contributed by atoms with van der Waals surface area (Å²) in [7, 11) is 1.40. The summed E-state index contributed by atoms with van der Waals surface area (Å²) in [5, 5.41) is 0. The van der Waals surface area contributed by atoms with Crippen molar-refractivity contribution in [1.82, 2.24) is 0 Å². The summed E-state index contributed by atoms with van der Waals surface area (Å²) in [4.78, 5) is 12.9. The van der Waals surface area contributed by atoms with Crippen molar-refractivity contribution in [2.24, 2.45) is 11.7 Å². The molecule has 1 saturated carbocycles. The minimum atomic E-state index is -0.841. The van der Waals surface area contributed by atoms with Gasteiger partial charge in [-0.25, -0.2) is 0 Å². The molecule has 0 aromatic heterocycles. The number of carbonyl (C=O) groups is 1. The van der Waals surface area contributed by atoms with Gasteiger partial charge in [0, 0.05) is 15.1 Å². The number of esters is 1. The Balaban J connectivity index is 2.02. The van der Waals surface area contributed by atoms with Crippen LogP contribution in [0.25, 0.3) is 0 Å². The molecule has 0 saturated heterocycles. The summed E-state index contributed by atoms with van der Waals surface area (Å²) in [5.41, 5.74) is 5.39. The summed E-state index contributed by atoms with van der Waals surface area (Å²) in [6, 6.07) is 7.99. The van der Waals surface area contributed by atoms with Gasteiger partial charge in [-0.05, 0) is 43.0 Å². The molecule has 1 aromatic rings. The summed E-state index contributed by atoms with van der Waals surface area (Å²) in [6.07, 6.45) is 2.04. The quantitative estimate of drug-likeness (QED) is 0.666. The summed E-state index contributed by atoms with van der Waals surface area (Å²) in [5.74, 6) is 0.536. The van der Waals surface area contributed by atoms with Gasteiger partial charge in [-0.15, -0.1) is 11.8 Å². The number of nitrogens with two attached hydrogens (primary N) is 1. The number of methoxy groups -OCH3 is 1.